The summed E-state index contributed by atoms with van der Waals surface area (Å²) in [5.41, 5.74) is 3.35. The molecular formula is C23H21F2N5O2. The van der Waals surface area contributed by atoms with Crippen LogP contribution < -0.4 is 16.0 Å². The fourth-order valence-electron chi connectivity index (χ4n) is 3.62. The third-order valence-electron chi connectivity index (χ3n) is 5.10. The van der Waals surface area contributed by atoms with Crippen molar-refractivity contribution in [2.45, 2.75) is 19.3 Å². The fraction of sp³-hybridized carbons (Fsp3) is 0.174. The highest BCUT2D eigenvalue weighted by molar-refractivity contribution is 6.04. The largest absolute Gasteiger partial charge is 0.334 e. The third kappa shape index (κ3) is 4.36. The molecule has 3 N–H and O–H groups in total. The van der Waals surface area contributed by atoms with Gasteiger partial charge in [-0.05, 0) is 55.7 Å². The van der Waals surface area contributed by atoms with Crippen molar-refractivity contribution in [3.63, 3.8) is 0 Å². The summed E-state index contributed by atoms with van der Waals surface area (Å²) in [6, 6.07) is 9.82. The third-order valence-corrected chi connectivity index (χ3v) is 5.10. The van der Waals surface area contributed by atoms with Crippen molar-refractivity contribution in [3.05, 3.63) is 83.7 Å². The van der Waals surface area contributed by atoms with Crippen LogP contribution in [0, 0.1) is 11.6 Å². The van der Waals surface area contributed by atoms with Gasteiger partial charge in [-0.15, -0.1) is 6.58 Å². The Morgan fingerprint density at radius 2 is 1.75 bits per heavy atom. The van der Waals surface area contributed by atoms with Crippen molar-refractivity contribution < 1.29 is 18.4 Å². The van der Waals surface area contributed by atoms with Crippen molar-refractivity contribution >= 4 is 23.3 Å². The molecule has 7 nitrogen and oxygen atoms in total. The summed E-state index contributed by atoms with van der Waals surface area (Å²) >= 11 is 0. The Morgan fingerprint density at radius 1 is 1.03 bits per heavy atom. The Kier molecular flexibility index (Phi) is 5.98. The SMILES string of the molecule is C=CCNC(=O)Nc1ccc(NC(=O)c2nn(-c3ccc(F)c(F)c3)c3c2CCC3)cc1. The van der Waals surface area contributed by atoms with Crippen LogP contribution in [0.3, 0.4) is 0 Å². The van der Waals surface area contributed by atoms with E-state index < -0.39 is 17.5 Å². The van der Waals surface area contributed by atoms with E-state index >= 15 is 0 Å². The van der Waals surface area contributed by atoms with Crippen LogP contribution in [-0.2, 0) is 12.8 Å². The number of rotatable bonds is 6. The lowest BCUT2D eigenvalue weighted by molar-refractivity contribution is 0.102. The van der Waals surface area contributed by atoms with Gasteiger partial charge in [0.2, 0.25) is 0 Å². The van der Waals surface area contributed by atoms with Gasteiger partial charge in [-0.2, -0.15) is 5.10 Å². The number of halogens is 2. The standard InChI is InChI=1S/C23H21F2N5O2/c1-2-12-26-23(32)28-15-8-6-14(7-9-15)27-22(31)21-17-4-3-5-20(17)30(29-21)16-10-11-18(24)19(25)13-16/h2,6-11,13H,1,3-5,12H2,(H,27,31)(H2,26,28,32). The summed E-state index contributed by atoms with van der Waals surface area (Å²) < 4.78 is 28.5. The number of carbonyl (C=O) groups excluding carboxylic acids is 2. The first kappa shape index (κ1) is 21.2. The molecule has 9 heteroatoms. The molecule has 0 spiro atoms. The highest BCUT2D eigenvalue weighted by atomic mass is 19.2. The quantitative estimate of drug-likeness (QED) is 0.505. The lowest BCUT2D eigenvalue weighted by atomic mass is 10.2. The highest BCUT2D eigenvalue weighted by Gasteiger charge is 2.27. The van der Waals surface area contributed by atoms with Gasteiger partial charge in [0, 0.05) is 35.2 Å². The molecule has 3 amide bonds. The molecule has 1 aromatic heterocycles. The highest BCUT2D eigenvalue weighted by Crippen LogP contribution is 2.29. The number of hydrogen-bond acceptors (Lipinski definition) is 3. The molecule has 0 atom stereocenters. The molecule has 0 saturated carbocycles. The molecule has 4 rings (SSSR count). The number of urea groups is 1. The molecule has 0 fully saturated rings. The Bertz CT molecular complexity index is 1190. The molecular weight excluding hydrogens is 416 g/mol. The molecule has 0 aliphatic heterocycles. The van der Waals surface area contributed by atoms with Crippen molar-refractivity contribution in [2.24, 2.45) is 0 Å². The topological polar surface area (TPSA) is 88.1 Å². The van der Waals surface area contributed by atoms with Gasteiger partial charge in [-0.3, -0.25) is 4.79 Å². The molecule has 2 aromatic carbocycles. The Hall–Kier alpha value is -4.01. The minimum atomic E-state index is -0.970. The molecule has 0 unspecified atom stereocenters. The van der Waals surface area contributed by atoms with Crippen LogP contribution in [0.4, 0.5) is 25.0 Å². The second-order valence-corrected chi connectivity index (χ2v) is 7.29. The van der Waals surface area contributed by atoms with Crippen molar-refractivity contribution in [3.8, 4) is 5.69 Å². The summed E-state index contributed by atoms with van der Waals surface area (Å²) in [6.07, 6.45) is 3.81. The van der Waals surface area contributed by atoms with Crippen LogP contribution in [-0.4, -0.2) is 28.3 Å². The smallest absolute Gasteiger partial charge is 0.319 e. The molecule has 0 radical (unpaired) electrons. The molecule has 1 heterocycles. The number of nitrogens with one attached hydrogen (secondary N) is 3. The predicted molar refractivity (Wildman–Crippen MR) is 117 cm³/mol. The number of nitrogens with zero attached hydrogens (tertiary/aromatic N) is 2. The van der Waals surface area contributed by atoms with Gasteiger partial charge in [0.1, 0.15) is 0 Å². The monoisotopic (exact) mass is 437 g/mol. The van der Waals surface area contributed by atoms with Gasteiger partial charge in [0.05, 0.1) is 5.69 Å². The van der Waals surface area contributed by atoms with Gasteiger partial charge in [-0.1, -0.05) is 6.08 Å². The van der Waals surface area contributed by atoms with Crippen molar-refractivity contribution in [1.82, 2.24) is 15.1 Å². The number of carbonyl (C=O) groups is 2. The molecule has 0 bridgehead atoms. The molecule has 1 aliphatic carbocycles. The zero-order valence-corrected chi connectivity index (χ0v) is 17.1. The Morgan fingerprint density at radius 3 is 2.44 bits per heavy atom. The average molecular weight is 437 g/mol. The average Bonchev–Trinajstić information content (AvgIpc) is 3.38. The van der Waals surface area contributed by atoms with E-state index in [2.05, 4.69) is 27.6 Å². The van der Waals surface area contributed by atoms with E-state index in [1.165, 1.54) is 10.7 Å². The summed E-state index contributed by atoms with van der Waals surface area (Å²) in [4.78, 5) is 24.6. The molecule has 0 saturated heterocycles. The lowest BCUT2D eigenvalue weighted by Crippen LogP contribution is -2.28. The van der Waals surface area contributed by atoms with Crippen molar-refractivity contribution in [1.29, 1.82) is 0 Å². The first-order valence-corrected chi connectivity index (χ1v) is 10.1. The van der Waals surface area contributed by atoms with E-state index in [1.807, 2.05) is 0 Å². The zero-order valence-electron chi connectivity index (χ0n) is 17.1. The number of amides is 3. The summed E-state index contributed by atoms with van der Waals surface area (Å²) in [6.45, 7) is 3.88. The number of aromatic nitrogens is 2. The van der Waals surface area contributed by atoms with E-state index in [4.69, 9.17) is 0 Å². The Labute approximate surface area is 183 Å². The predicted octanol–water partition coefficient (Wildman–Crippen LogP) is 4.20. The fourth-order valence-corrected chi connectivity index (χ4v) is 3.62. The first-order chi connectivity index (χ1) is 15.5. The maximum absolute atomic E-state index is 13.7. The Balaban J connectivity index is 1.51. The van der Waals surface area contributed by atoms with Gasteiger partial charge in [0.15, 0.2) is 17.3 Å². The van der Waals surface area contributed by atoms with E-state index in [1.54, 1.807) is 30.3 Å². The van der Waals surface area contributed by atoms with Gasteiger partial charge >= 0.3 is 6.03 Å². The summed E-state index contributed by atoms with van der Waals surface area (Å²) in [7, 11) is 0. The van der Waals surface area contributed by atoms with E-state index in [0.717, 1.165) is 29.8 Å². The van der Waals surface area contributed by atoms with Gasteiger partial charge < -0.3 is 16.0 Å². The lowest BCUT2D eigenvalue weighted by Gasteiger charge is -2.08. The van der Waals surface area contributed by atoms with Gasteiger partial charge in [0.25, 0.3) is 5.91 Å². The van der Waals surface area contributed by atoms with Crippen LogP contribution in [0.25, 0.3) is 5.69 Å². The van der Waals surface area contributed by atoms with Crippen LogP contribution in [0.5, 0.6) is 0 Å². The molecule has 32 heavy (non-hydrogen) atoms. The maximum atomic E-state index is 13.7. The number of fused-ring (bicyclic) bond motifs is 1. The minimum absolute atomic E-state index is 0.258. The van der Waals surface area contributed by atoms with E-state index in [9.17, 15) is 18.4 Å². The minimum Gasteiger partial charge on any atom is -0.334 e. The van der Waals surface area contributed by atoms with Crippen LogP contribution in [0.15, 0.2) is 55.1 Å². The van der Waals surface area contributed by atoms with Gasteiger partial charge in [-0.25, -0.2) is 18.3 Å². The summed E-state index contributed by atoms with van der Waals surface area (Å²) in [5.74, 6) is -2.30. The van der Waals surface area contributed by atoms with Crippen LogP contribution >= 0.6 is 0 Å². The van der Waals surface area contributed by atoms with Crippen LogP contribution in [0.2, 0.25) is 0 Å². The van der Waals surface area contributed by atoms with E-state index in [0.29, 0.717) is 36.4 Å². The maximum Gasteiger partial charge on any atom is 0.319 e. The normalized spacial score (nSPS) is 12.2. The number of hydrogen-bond donors (Lipinski definition) is 3. The molecule has 3 aromatic rings. The number of anilines is 2. The van der Waals surface area contributed by atoms with Crippen molar-refractivity contribution in [2.75, 3.05) is 17.2 Å². The molecule has 1 aliphatic rings. The van der Waals surface area contributed by atoms with E-state index in [-0.39, 0.29) is 11.7 Å². The summed E-state index contributed by atoms with van der Waals surface area (Å²) in [5, 5.41) is 12.5. The number of benzene rings is 2. The zero-order chi connectivity index (χ0) is 22.7. The second-order valence-electron chi connectivity index (χ2n) is 7.29. The first-order valence-electron chi connectivity index (χ1n) is 10.1. The van der Waals surface area contributed by atoms with Crippen LogP contribution in [0.1, 0.15) is 28.2 Å². The second kappa shape index (κ2) is 9.01. The molecule has 164 valence electrons.